The van der Waals surface area contributed by atoms with Gasteiger partial charge in [0.1, 0.15) is 5.75 Å². The first-order valence-corrected chi connectivity index (χ1v) is 4.62. The van der Waals surface area contributed by atoms with Crippen LogP contribution in [0.1, 0.15) is 6.92 Å². The van der Waals surface area contributed by atoms with Crippen LogP contribution in [0.4, 0.5) is 0 Å². The van der Waals surface area contributed by atoms with Crippen molar-refractivity contribution in [1.29, 1.82) is 0 Å². The molecule has 3 nitrogen and oxygen atoms in total. The van der Waals surface area contributed by atoms with Crippen molar-refractivity contribution in [2.45, 2.75) is 13.5 Å². The van der Waals surface area contributed by atoms with Gasteiger partial charge in [-0.15, -0.1) is 0 Å². The first kappa shape index (κ1) is 8.81. The van der Waals surface area contributed by atoms with Gasteiger partial charge in [-0.05, 0) is 37.3 Å². The van der Waals surface area contributed by atoms with Gasteiger partial charge in [0.15, 0.2) is 0 Å². The standard InChI is InChI=1S/C11H12N2O/c1-2-13-8-7-11(12-13)9-3-5-10(14)6-4-9/h3-8,14H,2H2,1H3. The van der Waals surface area contributed by atoms with E-state index in [2.05, 4.69) is 5.10 Å². The van der Waals surface area contributed by atoms with E-state index in [4.69, 9.17) is 5.11 Å². The van der Waals surface area contributed by atoms with Crippen molar-refractivity contribution in [1.82, 2.24) is 9.78 Å². The lowest BCUT2D eigenvalue weighted by atomic mass is 10.1. The monoisotopic (exact) mass is 188 g/mol. The van der Waals surface area contributed by atoms with E-state index in [1.807, 2.05) is 36.0 Å². The Labute approximate surface area is 82.6 Å². The first-order chi connectivity index (χ1) is 6.79. The molecule has 72 valence electrons. The molecule has 0 aliphatic carbocycles. The third kappa shape index (κ3) is 1.62. The molecular formula is C11H12N2O. The molecule has 1 N–H and O–H groups in total. The van der Waals surface area contributed by atoms with Crippen LogP contribution >= 0.6 is 0 Å². The SMILES string of the molecule is CCn1ccc(-c2ccc(O)cc2)n1. The predicted molar refractivity (Wildman–Crippen MR) is 55.0 cm³/mol. The summed E-state index contributed by atoms with van der Waals surface area (Å²) in [5.74, 6) is 0.281. The predicted octanol–water partition coefficient (Wildman–Crippen LogP) is 2.28. The third-order valence-electron chi connectivity index (χ3n) is 2.13. The Morgan fingerprint density at radius 2 is 1.93 bits per heavy atom. The van der Waals surface area contributed by atoms with Crippen LogP contribution in [0.25, 0.3) is 11.3 Å². The van der Waals surface area contributed by atoms with Crippen molar-refractivity contribution in [3.05, 3.63) is 36.5 Å². The van der Waals surface area contributed by atoms with Crippen LogP contribution in [0, 0.1) is 0 Å². The summed E-state index contributed by atoms with van der Waals surface area (Å²) >= 11 is 0. The lowest BCUT2D eigenvalue weighted by molar-refractivity contribution is 0.475. The van der Waals surface area contributed by atoms with Gasteiger partial charge in [0.2, 0.25) is 0 Å². The molecule has 14 heavy (non-hydrogen) atoms. The Balaban J connectivity index is 2.34. The van der Waals surface area contributed by atoms with Gasteiger partial charge < -0.3 is 5.11 Å². The molecule has 0 aliphatic rings. The lowest BCUT2D eigenvalue weighted by Crippen LogP contribution is -1.93. The van der Waals surface area contributed by atoms with Crippen LogP contribution in [0.2, 0.25) is 0 Å². The Morgan fingerprint density at radius 1 is 1.21 bits per heavy atom. The minimum atomic E-state index is 0.281. The summed E-state index contributed by atoms with van der Waals surface area (Å²) in [6.07, 6.45) is 1.95. The van der Waals surface area contributed by atoms with Crippen molar-refractivity contribution in [2.75, 3.05) is 0 Å². The van der Waals surface area contributed by atoms with Crippen molar-refractivity contribution in [3.8, 4) is 17.0 Å². The molecule has 0 saturated carbocycles. The topological polar surface area (TPSA) is 38.0 Å². The minimum Gasteiger partial charge on any atom is -0.508 e. The lowest BCUT2D eigenvalue weighted by Gasteiger charge is -1.97. The van der Waals surface area contributed by atoms with Crippen LogP contribution in [0.5, 0.6) is 5.75 Å². The number of hydrogen-bond acceptors (Lipinski definition) is 2. The number of benzene rings is 1. The van der Waals surface area contributed by atoms with E-state index in [9.17, 15) is 0 Å². The fraction of sp³-hybridized carbons (Fsp3) is 0.182. The van der Waals surface area contributed by atoms with E-state index in [0.29, 0.717) is 0 Å². The molecule has 0 atom stereocenters. The fourth-order valence-electron chi connectivity index (χ4n) is 1.32. The second-order valence-electron chi connectivity index (χ2n) is 3.10. The number of rotatable bonds is 2. The van der Waals surface area contributed by atoms with Gasteiger partial charge in [-0.3, -0.25) is 4.68 Å². The molecule has 0 unspecified atom stereocenters. The first-order valence-electron chi connectivity index (χ1n) is 4.62. The minimum absolute atomic E-state index is 0.281. The van der Waals surface area contributed by atoms with Crippen LogP contribution in [0.15, 0.2) is 36.5 Å². The molecule has 1 heterocycles. The van der Waals surface area contributed by atoms with Gasteiger partial charge in [-0.25, -0.2) is 0 Å². The number of aryl methyl sites for hydroxylation is 1. The zero-order chi connectivity index (χ0) is 9.97. The normalized spacial score (nSPS) is 10.4. The van der Waals surface area contributed by atoms with Gasteiger partial charge >= 0.3 is 0 Å². The summed E-state index contributed by atoms with van der Waals surface area (Å²) in [7, 11) is 0. The highest BCUT2D eigenvalue weighted by Gasteiger charge is 2.00. The largest absolute Gasteiger partial charge is 0.508 e. The van der Waals surface area contributed by atoms with E-state index >= 15 is 0 Å². The average Bonchev–Trinajstić information content (AvgIpc) is 2.67. The molecule has 0 saturated heterocycles. The average molecular weight is 188 g/mol. The van der Waals surface area contributed by atoms with Gasteiger partial charge in [0.05, 0.1) is 5.69 Å². The summed E-state index contributed by atoms with van der Waals surface area (Å²) < 4.78 is 1.88. The highest BCUT2D eigenvalue weighted by Crippen LogP contribution is 2.19. The van der Waals surface area contributed by atoms with Crippen LogP contribution < -0.4 is 0 Å². The smallest absolute Gasteiger partial charge is 0.115 e. The van der Waals surface area contributed by atoms with E-state index in [1.165, 1.54) is 0 Å². The van der Waals surface area contributed by atoms with Crippen LogP contribution in [-0.2, 0) is 6.54 Å². The molecule has 0 bridgehead atoms. The van der Waals surface area contributed by atoms with Crippen molar-refractivity contribution in [3.63, 3.8) is 0 Å². The Kier molecular flexibility index (Phi) is 2.23. The molecule has 3 heteroatoms. The molecular weight excluding hydrogens is 176 g/mol. The van der Waals surface area contributed by atoms with Gasteiger partial charge in [0, 0.05) is 18.3 Å². The van der Waals surface area contributed by atoms with Gasteiger partial charge in [-0.1, -0.05) is 0 Å². The van der Waals surface area contributed by atoms with E-state index in [0.717, 1.165) is 17.8 Å². The maximum Gasteiger partial charge on any atom is 0.115 e. The van der Waals surface area contributed by atoms with Crippen molar-refractivity contribution < 1.29 is 5.11 Å². The number of aromatic hydroxyl groups is 1. The zero-order valence-electron chi connectivity index (χ0n) is 8.01. The van der Waals surface area contributed by atoms with Gasteiger partial charge in [0.25, 0.3) is 0 Å². The third-order valence-corrected chi connectivity index (χ3v) is 2.13. The van der Waals surface area contributed by atoms with Crippen LogP contribution in [-0.4, -0.2) is 14.9 Å². The molecule has 0 amide bonds. The number of nitrogens with zero attached hydrogens (tertiary/aromatic N) is 2. The Bertz CT molecular complexity index is 417. The second kappa shape index (κ2) is 3.54. The second-order valence-corrected chi connectivity index (χ2v) is 3.10. The molecule has 0 spiro atoms. The van der Waals surface area contributed by atoms with Gasteiger partial charge in [-0.2, -0.15) is 5.10 Å². The Hall–Kier alpha value is -1.77. The molecule has 2 rings (SSSR count). The quantitative estimate of drug-likeness (QED) is 0.785. The Morgan fingerprint density at radius 3 is 2.50 bits per heavy atom. The molecule has 1 aromatic carbocycles. The number of phenolic OH excluding ortho intramolecular Hbond substituents is 1. The highest BCUT2D eigenvalue weighted by atomic mass is 16.3. The number of phenols is 1. The van der Waals surface area contributed by atoms with E-state index in [1.54, 1.807) is 12.1 Å². The molecule has 2 aromatic rings. The number of aromatic nitrogens is 2. The summed E-state index contributed by atoms with van der Waals surface area (Å²) in [4.78, 5) is 0. The maximum atomic E-state index is 9.13. The molecule has 1 aromatic heterocycles. The van der Waals surface area contributed by atoms with Crippen molar-refractivity contribution in [2.24, 2.45) is 0 Å². The maximum absolute atomic E-state index is 9.13. The fourth-order valence-corrected chi connectivity index (χ4v) is 1.32. The van der Waals surface area contributed by atoms with E-state index in [-0.39, 0.29) is 5.75 Å². The summed E-state index contributed by atoms with van der Waals surface area (Å²) in [6.45, 7) is 2.92. The molecule has 0 aliphatic heterocycles. The highest BCUT2D eigenvalue weighted by molar-refractivity contribution is 5.59. The number of hydrogen-bond donors (Lipinski definition) is 1. The van der Waals surface area contributed by atoms with Crippen LogP contribution in [0.3, 0.4) is 0 Å². The summed E-state index contributed by atoms with van der Waals surface area (Å²) in [5, 5.41) is 13.5. The van der Waals surface area contributed by atoms with E-state index < -0.39 is 0 Å². The summed E-state index contributed by atoms with van der Waals surface area (Å²) in [6, 6.07) is 9.02. The molecule has 0 radical (unpaired) electrons. The zero-order valence-corrected chi connectivity index (χ0v) is 8.01. The summed E-state index contributed by atoms with van der Waals surface area (Å²) in [5.41, 5.74) is 1.96. The molecule has 0 fully saturated rings. The van der Waals surface area contributed by atoms with Crippen molar-refractivity contribution >= 4 is 0 Å².